The monoisotopic (exact) mass is 332 g/mol. The van der Waals surface area contributed by atoms with E-state index in [1.54, 1.807) is 16.7 Å². The molecule has 3 aliphatic carbocycles. The van der Waals surface area contributed by atoms with E-state index >= 15 is 0 Å². The first-order valence-electron chi connectivity index (χ1n) is 9.83. The molecule has 1 atom stereocenters. The normalized spacial score (nSPS) is 26.0. The third kappa shape index (κ3) is 1.80. The zero-order valence-corrected chi connectivity index (χ0v) is 14.9. The molecule has 9 rings (SSSR count). The van der Waals surface area contributed by atoms with Crippen LogP contribution in [0.4, 0.5) is 0 Å². The van der Waals surface area contributed by atoms with Gasteiger partial charge >= 0.3 is 0 Å². The van der Waals surface area contributed by atoms with Crippen molar-refractivity contribution in [2.45, 2.75) is 50.9 Å². The Morgan fingerprint density at radius 1 is 0.800 bits per heavy atom. The number of ether oxygens (including phenoxy) is 2. The summed E-state index contributed by atoms with van der Waals surface area (Å²) in [7, 11) is 0. The van der Waals surface area contributed by atoms with Crippen LogP contribution in [0.15, 0.2) is 24.3 Å². The minimum absolute atomic E-state index is 0.153. The minimum Gasteiger partial charge on any atom is -0.490 e. The molecule has 2 aromatic carbocycles. The maximum atomic E-state index is 6.26. The Hall–Kier alpha value is -1.96. The molecule has 0 saturated heterocycles. The van der Waals surface area contributed by atoms with Crippen molar-refractivity contribution in [3.05, 3.63) is 57.6 Å². The molecule has 1 unspecified atom stereocenters. The van der Waals surface area contributed by atoms with Gasteiger partial charge in [0, 0.05) is 5.41 Å². The molecule has 4 heterocycles. The van der Waals surface area contributed by atoms with Gasteiger partial charge in [-0.15, -0.1) is 0 Å². The molecule has 4 bridgehead atoms. The zero-order chi connectivity index (χ0) is 16.6. The molecular formula is C23H24O2. The molecule has 2 nitrogen and oxygen atoms in total. The highest BCUT2D eigenvalue weighted by Crippen LogP contribution is 2.58. The minimum atomic E-state index is 0.153. The molecule has 0 aromatic heterocycles. The standard InChI is InChI=1S/C23H24O2/c1-23(14-2-3-14)15-4-6-16(7-5-15)24-12-13-25-22-19-10-8-17(19)21(23)18-9-11-20(18)22/h4-7,14H,2-3,8-13H2,1H3. The molecule has 2 aromatic rings. The van der Waals surface area contributed by atoms with Crippen LogP contribution < -0.4 is 9.47 Å². The fraction of sp³-hybridized carbons (Fsp3) is 0.478. The van der Waals surface area contributed by atoms with E-state index < -0.39 is 0 Å². The second kappa shape index (κ2) is 4.81. The lowest BCUT2D eigenvalue weighted by atomic mass is 9.61. The first kappa shape index (κ1) is 14.2. The maximum Gasteiger partial charge on any atom is 0.126 e. The summed E-state index contributed by atoms with van der Waals surface area (Å²) in [5, 5.41) is 0. The Kier molecular flexibility index (Phi) is 2.74. The number of hydrogen-bond acceptors (Lipinski definition) is 2. The molecule has 0 N–H and O–H groups in total. The van der Waals surface area contributed by atoms with E-state index in [0.29, 0.717) is 13.2 Å². The summed E-state index contributed by atoms with van der Waals surface area (Å²) in [5.41, 5.74) is 9.56. The Balaban J connectivity index is 1.66. The van der Waals surface area contributed by atoms with E-state index in [9.17, 15) is 0 Å². The topological polar surface area (TPSA) is 18.5 Å². The molecular weight excluding hydrogens is 308 g/mol. The Morgan fingerprint density at radius 3 is 1.96 bits per heavy atom. The van der Waals surface area contributed by atoms with E-state index in [-0.39, 0.29) is 5.41 Å². The van der Waals surface area contributed by atoms with Gasteiger partial charge in [-0.3, -0.25) is 0 Å². The largest absolute Gasteiger partial charge is 0.490 e. The molecule has 25 heavy (non-hydrogen) atoms. The summed E-state index contributed by atoms with van der Waals surface area (Å²) in [6.07, 6.45) is 7.54. The van der Waals surface area contributed by atoms with Gasteiger partial charge in [0.25, 0.3) is 0 Å². The molecule has 0 spiro atoms. The lowest BCUT2D eigenvalue weighted by molar-refractivity contribution is 0.213. The Labute approximate surface area is 149 Å². The fourth-order valence-corrected chi connectivity index (χ4v) is 5.41. The fourth-order valence-electron chi connectivity index (χ4n) is 5.41. The lowest BCUT2D eigenvalue weighted by Gasteiger charge is -2.43. The van der Waals surface area contributed by atoms with Crippen LogP contribution in [0.1, 0.15) is 53.1 Å². The van der Waals surface area contributed by atoms with Crippen LogP contribution in [0.25, 0.3) is 0 Å². The van der Waals surface area contributed by atoms with Gasteiger partial charge in [-0.2, -0.15) is 0 Å². The number of hydrogen-bond donors (Lipinski definition) is 0. The van der Waals surface area contributed by atoms with Crippen molar-refractivity contribution in [2.24, 2.45) is 5.92 Å². The van der Waals surface area contributed by atoms with Crippen molar-refractivity contribution in [2.75, 3.05) is 13.2 Å². The third-order valence-corrected chi connectivity index (χ3v) is 7.10. The average molecular weight is 332 g/mol. The molecule has 2 heteroatoms. The predicted molar refractivity (Wildman–Crippen MR) is 97.9 cm³/mol. The summed E-state index contributed by atoms with van der Waals surface area (Å²) >= 11 is 0. The number of rotatable bonds is 1. The smallest absolute Gasteiger partial charge is 0.126 e. The second-order valence-corrected chi connectivity index (χ2v) is 8.32. The number of benzene rings is 2. The van der Waals surface area contributed by atoms with Crippen molar-refractivity contribution >= 4 is 0 Å². The van der Waals surface area contributed by atoms with E-state index in [2.05, 4.69) is 31.2 Å². The first-order chi connectivity index (χ1) is 12.3. The van der Waals surface area contributed by atoms with Crippen LogP contribution in [0.3, 0.4) is 0 Å². The van der Waals surface area contributed by atoms with Gasteiger partial charge in [-0.05, 0) is 90.0 Å². The molecule has 128 valence electrons. The van der Waals surface area contributed by atoms with Crippen LogP contribution in [-0.2, 0) is 31.1 Å². The summed E-state index contributed by atoms with van der Waals surface area (Å²) < 4.78 is 12.2. The molecule has 0 amide bonds. The molecule has 7 aliphatic rings. The highest BCUT2D eigenvalue weighted by atomic mass is 16.5. The van der Waals surface area contributed by atoms with Crippen molar-refractivity contribution in [3.63, 3.8) is 0 Å². The van der Waals surface area contributed by atoms with E-state index in [1.807, 2.05) is 0 Å². The van der Waals surface area contributed by atoms with Crippen LogP contribution in [0.2, 0.25) is 0 Å². The molecule has 1 fully saturated rings. The van der Waals surface area contributed by atoms with Gasteiger partial charge < -0.3 is 9.47 Å². The molecule has 4 aliphatic heterocycles. The summed E-state index contributed by atoms with van der Waals surface area (Å²) in [6, 6.07) is 8.94. The zero-order valence-electron chi connectivity index (χ0n) is 14.9. The Bertz CT molecular complexity index is 843. The summed E-state index contributed by atoms with van der Waals surface area (Å²) in [4.78, 5) is 0. The van der Waals surface area contributed by atoms with E-state index in [4.69, 9.17) is 9.47 Å². The van der Waals surface area contributed by atoms with Crippen LogP contribution >= 0.6 is 0 Å². The van der Waals surface area contributed by atoms with E-state index in [1.165, 1.54) is 61.0 Å². The van der Waals surface area contributed by atoms with Gasteiger partial charge in [0.1, 0.15) is 24.7 Å². The van der Waals surface area contributed by atoms with Gasteiger partial charge in [-0.1, -0.05) is 19.1 Å². The van der Waals surface area contributed by atoms with Crippen LogP contribution in [0.5, 0.6) is 11.5 Å². The van der Waals surface area contributed by atoms with Crippen molar-refractivity contribution in [1.29, 1.82) is 0 Å². The quantitative estimate of drug-likeness (QED) is 0.772. The lowest BCUT2D eigenvalue weighted by Crippen LogP contribution is -2.35. The maximum absolute atomic E-state index is 6.26. The second-order valence-electron chi connectivity index (χ2n) is 8.32. The van der Waals surface area contributed by atoms with Crippen molar-refractivity contribution in [3.8, 4) is 11.5 Å². The van der Waals surface area contributed by atoms with Gasteiger partial charge in [-0.25, -0.2) is 0 Å². The SMILES string of the molecule is CC1(C2CC2)c2ccc(cc2)OCCOc2c3c(c1c1c2CC1)CC3. The highest BCUT2D eigenvalue weighted by molar-refractivity contribution is 5.67. The van der Waals surface area contributed by atoms with Gasteiger partial charge in [0.2, 0.25) is 0 Å². The Morgan fingerprint density at radius 2 is 1.40 bits per heavy atom. The summed E-state index contributed by atoms with van der Waals surface area (Å²) in [6.45, 7) is 3.76. The predicted octanol–water partition coefficient (Wildman–Crippen LogP) is 4.37. The molecule has 0 radical (unpaired) electrons. The average Bonchev–Trinajstić information content (AvgIpc) is 3.39. The third-order valence-electron chi connectivity index (χ3n) is 7.10. The van der Waals surface area contributed by atoms with Crippen molar-refractivity contribution < 1.29 is 9.47 Å². The first-order valence-corrected chi connectivity index (χ1v) is 9.83. The van der Waals surface area contributed by atoms with Crippen LogP contribution in [-0.4, -0.2) is 13.2 Å². The van der Waals surface area contributed by atoms with Crippen LogP contribution in [0, 0.1) is 5.92 Å². The molecule has 1 saturated carbocycles. The van der Waals surface area contributed by atoms with Gasteiger partial charge in [0.15, 0.2) is 0 Å². The highest BCUT2D eigenvalue weighted by Gasteiger charge is 2.49. The summed E-state index contributed by atoms with van der Waals surface area (Å²) in [5.74, 6) is 2.96. The van der Waals surface area contributed by atoms with Crippen molar-refractivity contribution in [1.82, 2.24) is 0 Å². The van der Waals surface area contributed by atoms with Gasteiger partial charge in [0.05, 0.1) is 0 Å². The van der Waals surface area contributed by atoms with E-state index in [0.717, 1.165) is 11.7 Å².